The van der Waals surface area contributed by atoms with E-state index in [9.17, 15) is 0 Å². The second-order valence-electron chi connectivity index (χ2n) is 5.07. The lowest BCUT2D eigenvalue weighted by molar-refractivity contribution is 0.134. The van der Waals surface area contributed by atoms with Gasteiger partial charge in [0, 0.05) is 23.6 Å². The largest absolute Gasteiger partial charge is 0.375 e. The molecule has 0 fully saturated rings. The molecule has 0 spiro atoms. The van der Waals surface area contributed by atoms with E-state index in [0.29, 0.717) is 6.61 Å². The summed E-state index contributed by atoms with van der Waals surface area (Å²) in [6.45, 7) is 13.0. The molecule has 0 aliphatic rings. The fourth-order valence-corrected chi connectivity index (χ4v) is 2.48. The number of nitrogens with zero attached hydrogens (tertiary/aromatic N) is 1. The van der Waals surface area contributed by atoms with E-state index in [-0.39, 0.29) is 5.54 Å². The highest BCUT2D eigenvalue weighted by molar-refractivity contribution is 7.11. The van der Waals surface area contributed by atoms with Crippen LogP contribution >= 0.6 is 11.3 Å². The maximum Gasteiger partial charge on any atom is 0.119 e. The van der Waals surface area contributed by atoms with E-state index in [0.717, 1.165) is 24.6 Å². The Hall–Kier alpha value is -0.450. The molecule has 4 heteroatoms. The third-order valence-corrected chi connectivity index (χ3v) is 3.44. The predicted octanol–water partition coefficient (Wildman–Crippen LogP) is 3.13. The number of hydrogen-bond donors (Lipinski definition) is 1. The molecule has 1 aromatic rings. The molecule has 0 unspecified atom stereocenters. The zero-order valence-electron chi connectivity index (χ0n) is 11.6. The van der Waals surface area contributed by atoms with Crippen LogP contribution in [0.4, 0.5) is 0 Å². The molecule has 1 rings (SSSR count). The van der Waals surface area contributed by atoms with Crippen molar-refractivity contribution in [1.82, 2.24) is 10.3 Å². The molecule has 1 aromatic heterocycles. The number of nitrogens with one attached hydrogen (secondary N) is 1. The first-order valence-corrected chi connectivity index (χ1v) is 7.08. The number of hydrogen-bond acceptors (Lipinski definition) is 4. The third-order valence-electron chi connectivity index (χ3n) is 2.37. The first kappa shape index (κ1) is 14.6. The summed E-state index contributed by atoms with van der Waals surface area (Å²) in [6, 6.07) is 0. The van der Waals surface area contributed by atoms with Gasteiger partial charge in [-0.1, -0.05) is 6.92 Å². The molecule has 0 bridgehead atoms. The average molecular weight is 256 g/mol. The van der Waals surface area contributed by atoms with Gasteiger partial charge < -0.3 is 10.1 Å². The molecule has 98 valence electrons. The second kappa shape index (κ2) is 6.47. The molecular weight excluding hydrogens is 232 g/mol. The van der Waals surface area contributed by atoms with Gasteiger partial charge >= 0.3 is 0 Å². The molecule has 0 aliphatic heterocycles. The van der Waals surface area contributed by atoms with E-state index in [1.807, 2.05) is 6.92 Å². The van der Waals surface area contributed by atoms with Crippen molar-refractivity contribution in [3.05, 3.63) is 15.6 Å². The van der Waals surface area contributed by atoms with Crippen molar-refractivity contribution >= 4 is 11.3 Å². The van der Waals surface area contributed by atoms with Gasteiger partial charge in [0.05, 0.1) is 12.3 Å². The summed E-state index contributed by atoms with van der Waals surface area (Å²) < 4.78 is 5.41. The van der Waals surface area contributed by atoms with Gasteiger partial charge in [0.15, 0.2) is 0 Å². The minimum absolute atomic E-state index is 0.148. The second-order valence-corrected chi connectivity index (χ2v) is 6.24. The Balaban J connectivity index is 2.66. The Morgan fingerprint density at radius 1 is 1.29 bits per heavy atom. The van der Waals surface area contributed by atoms with Gasteiger partial charge in [-0.25, -0.2) is 4.98 Å². The van der Waals surface area contributed by atoms with Crippen LogP contribution in [-0.4, -0.2) is 17.1 Å². The lowest BCUT2D eigenvalue weighted by Crippen LogP contribution is -2.35. The van der Waals surface area contributed by atoms with Gasteiger partial charge in [-0.15, -0.1) is 11.3 Å². The lowest BCUT2D eigenvalue weighted by atomic mass is 10.1. The van der Waals surface area contributed by atoms with Crippen LogP contribution in [0.2, 0.25) is 0 Å². The van der Waals surface area contributed by atoms with E-state index in [4.69, 9.17) is 4.74 Å². The molecule has 3 nitrogen and oxygen atoms in total. The normalized spacial score (nSPS) is 12.1. The van der Waals surface area contributed by atoms with Crippen molar-refractivity contribution < 1.29 is 4.74 Å². The zero-order chi connectivity index (χ0) is 12.9. The zero-order valence-corrected chi connectivity index (χ0v) is 12.4. The topological polar surface area (TPSA) is 34.1 Å². The number of aryl methyl sites for hydroxylation is 1. The van der Waals surface area contributed by atoms with E-state index >= 15 is 0 Å². The highest BCUT2D eigenvalue weighted by Gasteiger charge is 2.13. The fraction of sp³-hybridized carbons (Fsp3) is 0.769. The molecule has 1 N–H and O–H groups in total. The molecule has 0 aliphatic carbocycles. The van der Waals surface area contributed by atoms with E-state index in [1.165, 1.54) is 10.6 Å². The van der Waals surface area contributed by atoms with Crippen molar-refractivity contribution in [3.8, 4) is 0 Å². The summed E-state index contributed by atoms with van der Waals surface area (Å²) in [6.07, 6.45) is 0.990. The predicted molar refractivity (Wildman–Crippen MR) is 73.4 cm³/mol. The molecule has 0 radical (unpaired) electrons. The van der Waals surface area contributed by atoms with Crippen LogP contribution in [0, 0.1) is 0 Å². The summed E-state index contributed by atoms with van der Waals surface area (Å²) in [5.41, 5.74) is 1.36. The smallest absolute Gasteiger partial charge is 0.119 e. The van der Waals surface area contributed by atoms with Gasteiger partial charge in [0.25, 0.3) is 0 Å². The van der Waals surface area contributed by atoms with Crippen molar-refractivity contribution in [1.29, 1.82) is 0 Å². The van der Waals surface area contributed by atoms with Crippen molar-refractivity contribution in [2.24, 2.45) is 0 Å². The van der Waals surface area contributed by atoms with Gasteiger partial charge in [-0.2, -0.15) is 0 Å². The Kier molecular flexibility index (Phi) is 5.56. The molecule has 0 saturated heterocycles. The fourth-order valence-electron chi connectivity index (χ4n) is 1.45. The van der Waals surface area contributed by atoms with E-state index in [2.05, 4.69) is 38.0 Å². The van der Waals surface area contributed by atoms with Crippen LogP contribution in [0.3, 0.4) is 0 Å². The summed E-state index contributed by atoms with van der Waals surface area (Å²) in [7, 11) is 0. The van der Waals surface area contributed by atoms with Gasteiger partial charge in [0.1, 0.15) is 5.01 Å². The SMILES string of the molecule is CCOCc1nc(CC)c(CNC(C)(C)C)s1. The summed E-state index contributed by atoms with van der Waals surface area (Å²) in [5.74, 6) is 0. The van der Waals surface area contributed by atoms with Crippen LogP contribution in [-0.2, 0) is 24.3 Å². The highest BCUT2D eigenvalue weighted by atomic mass is 32.1. The van der Waals surface area contributed by atoms with Crippen LogP contribution < -0.4 is 5.32 Å². The third kappa shape index (κ3) is 5.15. The minimum Gasteiger partial charge on any atom is -0.375 e. The molecule has 0 saturated carbocycles. The number of ether oxygens (including phenoxy) is 1. The lowest BCUT2D eigenvalue weighted by Gasteiger charge is -2.20. The number of rotatable bonds is 6. The van der Waals surface area contributed by atoms with Crippen LogP contribution in [0.25, 0.3) is 0 Å². The summed E-state index contributed by atoms with van der Waals surface area (Å²) >= 11 is 1.77. The Morgan fingerprint density at radius 3 is 2.53 bits per heavy atom. The maximum atomic E-state index is 5.41. The Labute approximate surface area is 109 Å². The molecule has 0 amide bonds. The maximum absolute atomic E-state index is 5.41. The first-order chi connectivity index (χ1) is 7.96. The Morgan fingerprint density at radius 2 is 2.00 bits per heavy atom. The molecule has 0 atom stereocenters. The minimum atomic E-state index is 0.148. The van der Waals surface area contributed by atoms with Gasteiger partial charge in [0.2, 0.25) is 0 Å². The first-order valence-electron chi connectivity index (χ1n) is 6.26. The van der Waals surface area contributed by atoms with Crippen molar-refractivity contribution in [2.75, 3.05) is 6.61 Å². The summed E-state index contributed by atoms with van der Waals surface area (Å²) in [5, 5.41) is 4.60. The Bertz CT molecular complexity index is 342. The quantitative estimate of drug-likeness (QED) is 0.849. The van der Waals surface area contributed by atoms with E-state index in [1.54, 1.807) is 11.3 Å². The van der Waals surface area contributed by atoms with Crippen LogP contribution in [0.15, 0.2) is 0 Å². The average Bonchev–Trinajstić information content (AvgIpc) is 2.65. The highest BCUT2D eigenvalue weighted by Crippen LogP contribution is 2.20. The molecular formula is C13H24N2OS. The summed E-state index contributed by atoms with van der Waals surface area (Å²) in [4.78, 5) is 5.96. The standard InChI is InChI=1S/C13H24N2OS/c1-6-10-11(8-14-13(3,4)5)17-12(15-10)9-16-7-2/h14H,6-9H2,1-5H3. The molecule has 17 heavy (non-hydrogen) atoms. The van der Waals surface area contributed by atoms with Crippen LogP contribution in [0.1, 0.15) is 50.2 Å². The van der Waals surface area contributed by atoms with Crippen LogP contribution in [0.5, 0.6) is 0 Å². The van der Waals surface area contributed by atoms with Gasteiger partial charge in [-0.05, 0) is 34.1 Å². The molecule has 0 aromatic carbocycles. The van der Waals surface area contributed by atoms with Gasteiger partial charge in [-0.3, -0.25) is 0 Å². The van der Waals surface area contributed by atoms with E-state index < -0.39 is 0 Å². The number of thiazole rings is 1. The number of aromatic nitrogens is 1. The monoisotopic (exact) mass is 256 g/mol. The van der Waals surface area contributed by atoms with Crippen molar-refractivity contribution in [3.63, 3.8) is 0 Å². The molecule has 1 heterocycles. The van der Waals surface area contributed by atoms with Crippen molar-refractivity contribution in [2.45, 2.75) is 59.7 Å².